The number of carbonyl (C=O) groups is 2. The van der Waals surface area contributed by atoms with Crippen LogP contribution in [0.25, 0.3) is 0 Å². The first kappa shape index (κ1) is 14.9. The third-order valence-corrected chi connectivity index (χ3v) is 4.30. The lowest BCUT2D eigenvalue weighted by Gasteiger charge is -2.28. The summed E-state index contributed by atoms with van der Waals surface area (Å²) in [5.41, 5.74) is 0. The van der Waals surface area contributed by atoms with Gasteiger partial charge in [0.25, 0.3) is 0 Å². The minimum absolute atomic E-state index is 0.312. The molecule has 1 amide bonds. The molecule has 1 aliphatic rings. The zero-order valence-corrected chi connectivity index (χ0v) is 10.9. The molecule has 0 radical (unpaired) electrons. The Bertz CT molecular complexity index is 416. The molecule has 0 aromatic heterocycles. The Balaban J connectivity index is 2.55. The molecule has 8 nitrogen and oxygen atoms in total. The van der Waals surface area contributed by atoms with Crippen molar-refractivity contribution in [3.05, 3.63) is 0 Å². The third kappa shape index (κ3) is 4.24. The van der Waals surface area contributed by atoms with Crippen LogP contribution in [0.1, 0.15) is 0 Å². The first-order valence-corrected chi connectivity index (χ1v) is 7.08. The van der Waals surface area contributed by atoms with E-state index in [1.165, 1.54) is 7.05 Å². The molecule has 1 heterocycles. The molecule has 1 rings (SSSR count). The summed E-state index contributed by atoms with van der Waals surface area (Å²) in [4.78, 5) is 23.7. The molecule has 9 heteroatoms. The number of carbonyl (C=O) groups excluding carboxylic acids is 1. The second-order valence-corrected chi connectivity index (χ2v) is 6.11. The fourth-order valence-electron chi connectivity index (χ4n) is 1.57. The highest BCUT2D eigenvalue weighted by atomic mass is 32.2. The lowest BCUT2D eigenvalue weighted by atomic mass is 10.3. The van der Waals surface area contributed by atoms with Gasteiger partial charge in [0.05, 0.1) is 6.54 Å². The molecule has 0 bridgehead atoms. The number of sulfonamides is 1. The molecule has 1 saturated heterocycles. The van der Waals surface area contributed by atoms with Gasteiger partial charge in [0.15, 0.2) is 5.75 Å². The molecule has 1 aliphatic heterocycles. The average Bonchev–Trinajstić information content (AvgIpc) is 2.28. The predicted molar refractivity (Wildman–Crippen MR) is 63.5 cm³/mol. The predicted octanol–water partition coefficient (Wildman–Crippen LogP) is -2.24. The number of hydrogen-bond donors (Lipinski definition) is 2. The first-order chi connectivity index (χ1) is 8.33. The molecule has 0 saturated carbocycles. The van der Waals surface area contributed by atoms with E-state index in [0.717, 1.165) is 4.31 Å². The fraction of sp³-hybridized carbons (Fsp3) is 0.778. The lowest BCUT2D eigenvalue weighted by molar-refractivity contribution is -0.134. The molecule has 18 heavy (non-hydrogen) atoms. The van der Waals surface area contributed by atoms with Gasteiger partial charge in [-0.25, -0.2) is 8.42 Å². The fourth-order valence-corrected chi connectivity index (χ4v) is 2.41. The molecule has 2 N–H and O–H groups in total. The zero-order valence-electron chi connectivity index (χ0n) is 10.1. The maximum atomic E-state index is 11.8. The van der Waals surface area contributed by atoms with E-state index in [1.807, 2.05) is 0 Å². The third-order valence-electron chi connectivity index (χ3n) is 2.61. The van der Waals surface area contributed by atoms with Gasteiger partial charge in [-0.05, 0) is 0 Å². The first-order valence-electron chi connectivity index (χ1n) is 5.47. The number of nitrogens with one attached hydrogen (secondary N) is 1. The number of aliphatic carboxylic acids is 1. The zero-order chi connectivity index (χ0) is 13.8. The highest BCUT2D eigenvalue weighted by molar-refractivity contribution is 7.89. The minimum atomic E-state index is -3.92. The number of piperazine rings is 1. The van der Waals surface area contributed by atoms with E-state index < -0.39 is 21.7 Å². The Morgan fingerprint density at radius 2 is 1.89 bits per heavy atom. The molecule has 0 spiro atoms. The highest BCUT2D eigenvalue weighted by Gasteiger charge is 2.26. The monoisotopic (exact) mass is 279 g/mol. The van der Waals surface area contributed by atoms with Gasteiger partial charge in [-0.2, -0.15) is 4.31 Å². The molecule has 0 aliphatic carbocycles. The van der Waals surface area contributed by atoms with Gasteiger partial charge in [-0.1, -0.05) is 0 Å². The quantitative estimate of drug-likeness (QED) is 0.589. The summed E-state index contributed by atoms with van der Waals surface area (Å²) in [5.74, 6) is -2.75. The maximum absolute atomic E-state index is 11.8. The van der Waals surface area contributed by atoms with E-state index >= 15 is 0 Å². The molecule has 104 valence electrons. The van der Waals surface area contributed by atoms with Gasteiger partial charge < -0.3 is 15.3 Å². The van der Waals surface area contributed by atoms with Crippen LogP contribution < -0.4 is 5.32 Å². The van der Waals surface area contributed by atoms with Crippen molar-refractivity contribution in [2.75, 3.05) is 45.5 Å². The van der Waals surface area contributed by atoms with Gasteiger partial charge in [-0.3, -0.25) is 9.59 Å². The van der Waals surface area contributed by atoms with Crippen molar-refractivity contribution in [1.29, 1.82) is 0 Å². The number of nitrogens with zero attached hydrogens (tertiary/aromatic N) is 2. The van der Waals surface area contributed by atoms with E-state index in [4.69, 9.17) is 5.11 Å². The Kier molecular flexibility index (Phi) is 5.05. The van der Waals surface area contributed by atoms with Crippen molar-refractivity contribution in [3.8, 4) is 0 Å². The number of rotatable bonds is 5. The van der Waals surface area contributed by atoms with Crippen molar-refractivity contribution in [2.45, 2.75) is 0 Å². The summed E-state index contributed by atoms with van der Waals surface area (Å²) in [5, 5.41) is 11.5. The van der Waals surface area contributed by atoms with Crippen molar-refractivity contribution < 1.29 is 23.1 Å². The van der Waals surface area contributed by atoms with Gasteiger partial charge >= 0.3 is 5.97 Å². The normalized spacial score (nSPS) is 16.9. The number of hydrogen-bond acceptors (Lipinski definition) is 5. The molecule has 0 unspecified atom stereocenters. The van der Waals surface area contributed by atoms with Crippen LogP contribution >= 0.6 is 0 Å². The maximum Gasteiger partial charge on any atom is 0.320 e. The number of amides is 1. The second-order valence-electron chi connectivity index (χ2n) is 4.04. The summed E-state index contributed by atoms with van der Waals surface area (Å²) in [6.07, 6.45) is 0. The Hall–Kier alpha value is -1.19. The molecular weight excluding hydrogens is 262 g/mol. The molecule has 0 atom stereocenters. The van der Waals surface area contributed by atoms with Crippen LogP contribution in [0.4, 0.5) is 0 Å². The number of carboxylic acid groups (broad SMARTS) is 1. The summed E-state index contributed by atoms with van der Waals surface area (Å²) in [6.45, 7) is 2.10. The summed E-state index contributed by atoms with van der Waals surface area (Å²) in [7, 11) is -2.72. The largest absolute Gasteiger partial charge is 0.480 e. The SMILES string of the molecule is CN(CC(=O)N1CCNCC1)S(=O)(=O)CC(=O)O. The summed E-state index contributed by atoms with van der Waals surface area (Å²) >= 11 is 0. The molecule has 1 fully saturated rings. The van der Waals surface area contributed by atoms with E-state index in [2.05, 4.69) is 5.32 Å². The standard InChI is InChI=1S/C9H17N3O5S/c1-11(18(16,17)7-9(14)15)6-8(13)12-4-2-10-3-5-12/h10H,2-7H2,1H3,(H,14,15). The van der Waals surface area contributed by atoms with Crippen molar-refractivity contribution in [2.24, 2.45) is 0 Å². The summed E-state index contributed by atoms with van der Waals surface area (Å²) < 4.78 is 23.8. The molecular formula is C9H17N3O5S. The van der Waals surface area contributed by atoms with Crippen LogP contribution in [0.2, 0.25) is 0 Å². The number of carboxylic acids is 1. The van der Waals surface area contributed by atoms with Crippen molar-refractivity contribution >= 4 is 21.9 Å². The van der Waals surface area contributed by atoms with Crippen molar-refractivity contribution in [3.63, 3.8) is 0 Å². The second kappa shape index (κ2) is 6.12. The average molecular weight is 279 g/mol. The van der Waals surface area contributed by atoms with Crippen LogP contribution in [0, 0.1) is 0 Å². The van der Waals surface area contributed by atoms with E-state index in [1.54, 1.807) is 4.90 Å². The lowest BCUT2D eigenvalue weighted by Crippen LogP contribution is -2.50. The number of likely N-dealkylation sites (N-methyl/N-ethyl adjacent to an activating group) is 1. The van der Waals surface area contributed by atoms with Gasteiger partial charge in [-0.15, -0.1) is 0 Å². The van der Waals surface area contributed by atoms with E-state index in [0.29, 0.717) is 26.2 Å². The van der Waals surface area contributed by atoms with Gasteiger partial charge in [0.1, 0.15) is 0 Å². The highest BCUT2D eigenvalue weighted by Crippen LogP contribution is 2.01. The van der Waals surface area contributed by atoms with Gasteiger partial charge in [0.2, 0.25) is 15.9 Å². The van der Waals surface area contributed by atoms with Crippen molar-refractivity contribution in [1.82, 2.24) is 14.5 Å². The topological polar surface area (TPSA) is 107 Å². The van der Waals surface area contributed by atoms with Crippen LogP contribution in [0.3, 0.4) is 0 Å². The van der Waals surface area contributed by atoms with Crippen LogP contribution in [-0.4, -0.2) is 80.1 Å². The Labute approximate surface area is 106 Å². The van der Waals surface area contributed by atoms with E-state index in [9.17, 15) is 18.0 Å². The van der Waals surface area contributed by atoms with Gasteiger partial charge in [0, 0.05) is 33.2 Å². The van der Waals surface area contributed by atoms with Crippen LogP contribution in [-0.2, 0) is 19.6 Å². The van der Waals surface area contributed by atoms with Crippen LogP contribution in [0.5, 0.6) is 0 Å². The smallest absolute Gasteiger partial charge is 0.320 e. The Morgan fingerprint density at radius 1 is 1.33 bits per heavy atom. The molecule has 0 aromatic rings. The minimum Gasteiger partial charge on any atom is -0.480 e. The molecule has 0 aromatic carbocycles. The Morgan fingerprint density at radius 3 is 2.39 bits per heavy atom. The summed E-state index contributed by atoms with van der Waals surface area (Å²) in [6, 6.07) is 0. The van der Waals surface area contributed by atoms with E-state index in [-0.39, 0.29) is 12.5 Å². The van der Waals surface area contributed by atoms with Crippen LogP contribution in [0.15, 0.2) is 0 Å².